The molecule has 0 aliphatic heterocycles. The van der Waals surface area contributed by atoms with Crippen molar-refractivity contribution in [2.75, 3.05) is 18.6 Å². The van der Waals surface area contributed by atoms with Gasteiger partial charge in [0.05, 0.1) is 13.0 Å². The lowest BCUT2D eigenvalue weighted by Gasteiger charge is -2.26. The Morgan fingerprint density at radius 1 is 0.968 bits per heavy atom. The first kappa shape index (κ1) is 28.6. The lowest BCUT2D eigenvalue weighted by Crippen LogP contribution is -2.58. The molecule has 0 aliphatic rings. The van der Waals surface area contributed by atoms with Crippen LogP contribution in [-0.4, -0.2) is 87.8 Å². The lowest BCUT2D eigenvalue weighted by molar-refractivity contribution is -0.144. The topological polar surface area (TPSA) is 208 Å². The maximum absolute atomic E-state index is 12.7. The van der Waals surface area contributed by atoms with Crippen molar-refractivity contribution in [3.63, 3.8) is 0 Å². The normalized spacial score (nSPS) is 15.6. The van der Waals surface area contributed by atoms with E-state index >= 15 is 0 Å². The predicted octanol–water partition coefficient (Wildman–Crippen LogP) is -1.88. The van der Waals surface area contributed by atoms with E-state index in [0.717, 1.165) is 0 Å². The molecule has 0 saturated carbocycles. The molecule has 0 aliphatic carbocycles. The molecule has 12 nitrogen and oxygen atoms in total. The van der Waals surface area contributed by atoms with Gasteiger partial charge in [0.25, 0.3) is 0 Å². The van der Waals surface area contributed by atoms with Crippen molar-refractivity contribution < 1.29 is 39.3 Å². The molecule has 178 valence electrons. The maximum atomic E-state index is 12.7. The zero-order valence-corrected chi connectivity index (χ0v) is 18.6. The number of nitrogens with two attached hydrogens (primary N) is 1. The number of thioether (sulfide) groups is 1. The molecule has 0 spiro atoms. The van der Waals surface area contributed by atoms with Gasteiger partial charge in [-0.15, -0.1) is 0 Å². The molecule has 0 radical (unpaired) electrons. The zero-order chi connectivity index (χ0) is 24.1. The quantitative estimate of drug-likeness (QED) is 0.143. The Morgan fingerprint density at radius 3 is 1.97 bits per heavy atom. The summed E-state index contributed by atoms with van der Waals surface area (Å²) < 4.78 is 0. The van der Waals surface area contributed by atoms with E-state index in [-0.39, 0.29) is 12.3 Å². The van der Waals surface area contributed by atoms with Crippen molar-refractivity contribution in [2.24, 2.45) is 11.7 Å². The highest BCUT2D eigenvalue weighted by Gasteiger charge is 2.32. The molecule has 0 heterocycles. The van der Waals surface area contributed by atoms with Crippen molar-refractivity contribution in [3.05, 3.63) is 0 Å². The number of carbonyl (C=O) groups is 5. The van der Waals surface area contributed by atoms with Crippen molar-refractivity contribution >= 4 is 41.4 Å². The summed E-state index contributed by atoms with van der Waals surface area (Å²) in [6, 6.07) is -5.21. The summed E-state index contributed by atoms with van der Waals surface area (Å²) in [6.45, 7) is 2.73. The Labute approximate surface area is 184 Å². The molecule has 5 unspecified atom stereocenters. The number of hydrogen-bond acceptors (Lipinski definition) is 8. The third-order valence-corrected chi connectivity index (χ3v) is 5.21. The highest BCUT2D eigenvalue weighted by atomic mass is 32.2. The molecular formula is C18H32N4O8S. The van der Waals surface area contributed by atoms with Crippen LogP contribution in [0.3, 0.4) is 0 Å². The van der Waals surface area contributed by atoms with E-state index in [4.69, 9.17) is 15.9 Å². The van der Waals surface area contributed by atoms with Gasteiger partial charge >= 0.3 is 11.9 Å². The van der Waals surface area contributed by atoms with Gasteiger partial charge in [0.15, 0.2) is 0 Å². The van der Waals surface area contributed by atoms with Gasteiger partial charge in [0.2, 0.25) is 17.7 Å². The van der Waals surface area contributed by atoms with E-state index in [1.165, 1.54) is 11.8 Å². The smallest absolute Gasteiger partial charge is 0.326 e. The van der Waals surface area contributed by atoms with Crippen LogP contribution in [0.5, 0.6) is 0 Å². The largest absolute Gasteiger partial charge is 0.481 e. The van der Waals surface area contributed by atoms with Gasteiger partial charge in [-0.3, -0.25) is 19.2 Å². The highest BCUT2D eigenvalue weighted by Crippen LogP contribution is 2.10. The second-order valence-electron chi connectivity index (χ2n) is 7.00. The van der Waals surface area contributed by atoms with Crippen LogP contribution in [0, 0.1) is 5.92 Å². The minimum atomic E-state index is -1.54. The highest BCUT2D eigenvalue weighted by molar-refractivity contribution is 7.98. The van der Waals surface area contributed by atoms with E-state index in [1.807, 2.05) is 0 Å². The molecule has 0 aromatic heterocycles. The Bertz CT molecular complexity index is 648. The first-order chi connectivity index (χ1) is 14.5. The van der Waals surface area contributed by atoms with Gasteiger partial charge in [-0.25, -0.2) is 4.79 Å². The Hall–Kier alpha value is -2.38. The Balaban J connectivity index is 5.48. The number of aliphatic hydroxyl groups excluding tert-OH is 1. The molecule has 0 rings (SSSR count). The second kappa shape index (κ2) is 14.6. The molecule has 13 heteroatoms. The van der Waals surface area contributed by atoms with Crippen LogP contribution < -0.4 is 21.7 Å². The van der Waals surface area contributed by atoms with Crippen molar-refractivity contribution in [3.8, 4) is 0 Å². The number of aliphatic carboxylic acids is 2. The van der Waals surface area contributed by atoms with Gasteiger partial charge in [-0.2, -0.15) is 11.8 Å². The zero-order valence-electron chi connectivity index (χ0n) is 17.8. The third-order valence-electron chi connectivity index (χ3n) is 4.57. The van der Waals surface area contributed by atoms with E-state index in [1.54, 1.807) is 20.1 Å². The molecule has 31 heavy (non-hydrogen) atoms. The summed E-state index contributed by atoms with van der Waals surface area (Å²) in [6.07, 6.45) is 1.64. The van der Waals surface area contributed by atoms with Gasteiger partial charge in [0, 0.05) is 0 Å². The van der Waals surface area contributed by atoms with Crippen molar-refractivity contribution in [1.29, 1.82) is 0 Å². The van der Waals surface area contributed by atoms with Crippen molar-refractivity contribution in [1.82, 2.24) is 16.0 Å². The number of carboxylic acids is 2. The fourth-order valence-electron chi connectivity index (χ4n) is 2.46. The van der Waals surface area contributed by atoms with Crippen LogP contribution in [0.4, 0.5) is 0 Å². The monoisotopic (exact) mass is 464 g/mol. The average molecular weight is 465 g/mol. The minimum absolute atomic E-state index is 0.148. The number of rotatable bonds is 15. The Kier molecular flexibility index (Phi) is 13.5. The van der Waals surface area contributed by atoms with E-state index < -0.39 is 66.9 Å². The number of hydrogen-bond donors (Lipinski definition) is 7. The SMILES string of the molecule is CCC(C)C(NC(=O)C(CCSC)NC(=O)C(CC(=O)O)NC(=O)C(N)CO)C(=O)O. The molecule has 0 aromatic carbocycles. The van der Waals surface area contributed by atoms with E-state index in [0.29, 0.717) is 12.2 Å². The number of carboxylic acid groups (broad SMARTS) is 2. The van der Waals surface area contributed by atoms with Crippen LogP contribution >= 0.6 is 11.8 Å². The molecule has 0 fully saturated rings. The van der Waals surface area contributed by atoms with Gasteiger partial charge in [0.1, 0.15) is 24.2 Å². The Morgan fingerprint density at radius 2 is 1.52 bits per heavy atom. The minimum Gasteiger partial charge on any atom is -0.481 e. The van der Waals surface area contributed by atoms with Crippen molar-refractivity contribution in [2.45, 2.75) is 57.3 Å². The fraction of sp³-hybridized carbons (Fsp3) is 0.722. The molecular weight excluding hydrogens is 432 g/mol. The molecule has 0 bridgehead atoms. The van der Waals surface area contributed by atoms with Crippen LogP contribution in [0.25, 0.3) is 0 Å². The lowest BCUT2D eigenvalue weighted by atomic mass is 9.98. The molecule has 3 amide bonds. The van der Waals surface area contributed by atoms with Gasteiger partial charge in [-0.1, -0.05) is 20.3 Å². The standard InChI is InChI=1S/C18H32N4O8S/c1-4-9(2)14(18(29)30)22-16(27)11(5-6-31-3)20-17(28)12(7-13(24)25)21-15(26)10(19)8-23/h9-12,14,23H,4-8,19H2,1-3H3,(H,20,28)(H,21,26)(H,22,27)(H,24,25)(H,29,30). The summed E-state index contributed by atoms with van der Waals surface area (Å²) in [5.74, 6) is -5.13. The number of carbonyl (C=O) groups excluding carboxylic acids is 3. The molecule has 0 saturated heterocycles. The molecule has 5 atom stereocenters. The predicted molar refractivity (Wildman–Crippen MR) is 113 cm³/mol. The molecule has 0 aromatic rings. The van der Waals surface area contributed by atoms with E-state index in [9.17, 15) is 29.1 Å². The summed E-state index contributed by atoms with van der Waals surface area (Å²) in [5, 5.41) is 34.3. The number of amides is 3. The van der Waals surface area contributed by atoms with Crippen LogP contribution in [-0.2, 0) is 24.0 Å². The van der Waals surface area contributed by atoms with Gasteiger partial charge < -0.3 is 37.0 Å². The third kappa shape index (κ3) is 10.5. The van der Waals surface area contributed by atoms with Crippen LogP contribution in [0.2, 0.25) is 0 Å². The fourth-order valence-corrected chi connectivity index (χ4v) is 2.93. The van der Waals surface area contributed by atoms with E-state index in [2.05, 4.69) is 16.0 Å². The van der Waals surface area contributed by atoms with Crippen LogP contribution in [0.1, 0.15) is 33.1 Å². The first-order valence-electron chi connectivity index (χ1n) is 9.69. The summed E-state index contributed by atoms with van der Waals surface area (Å²) >= 11 is 1.39. The number of aliphatic hydroxyl groups is 1. The second-order valence-corrected chi connectivity index (χ2v) is 7.99. The summed E-state index contributed by atoms with van der Waals surface area (Å²) in [4.78, 5) is 59.8. The van der Waals surface area contributed by atoms with Gasteiger partial charge in [-0.05, 0) is 24.3 Å². The average Bonchev–Trinajstić information content (AvgIpc) is 2.71. The van der Waals surface area contributed by atoms with Crippen LogP contribution in [0.15, 0.2) is 0 Å². The molecule has 8 N–H and O–H groups in total. The first-order valence-corrected chi connectivity index (χ1v) is 11.1. The number of nitrogens with one attached hydrogen (secondary N) is 3. The summed E-state index contributed by atoms with van der Waals surface area (Å²) in [7, 11) is 0. The maximum Gasteiger partial charge on any atom is 0.326 e. The summed E-state index contributed by atoms with van der Waals surface area (Å²) in [5.41, 5.74) is 5.37.